The van der Waals surface area contributed by atoms with Crippen LogP contribution in [0.15, 0.2) is 152 Å². The maximum atomic E-state index is 7.32. The normalized spacial score (nSPS) is 11.6. The highest BCUT2D eigenvalue weighted by Crippen LogP contribution is 2.38. The van der Waals surface area contributed by atoms with Gasteiger partial charge in [-0.2, -0.15) is 0 Å². The van der Waals surface area contributed by atoms with Crippen LogP contribution in [0.5, 0.6) is 0 Å². The van der Waals surface area contributed by atoms with Crippen molar-refractivity contribution in [3.8, 4) is 44.8 Å². The summed E-state index contributed by atoms with van der Waals surface area (Å²) >= 11 is 0. The highest BCUT2D eigenvalue weighted by molar-refractivity contribution is 6.69. The predicted octanol–water partition coefficient (Wildman–Crippen LogP) is 4.44. The standard InChI is InChI=1S/C48H25B7N2/c49-40-37(30-19-23-36-34(25-30)33-24-29(27-12-6-2-7-13-27)18-22-35(33)56(36)31-14-8-3-9-15-31)41(50)45(54)47-38(40)39-42(51)43(52)44(53)46(55)48(39)57(47)32-20-16-28(17-21-32)26-10-4-1-5-11-26/h1-25H. The summed E-state index contributed by atoms with van der Waals surface area (Å²) in [6.07, 6.45) is 0. The monoisotopic (exact) mass is 706 g/mol. The minimum Gasteiger partial charge on any atom is -0.311 e. The molecule has 0 fully saturated rings. The van der Waals surface area contributed by atoms with Crippen LogP contribution < -0.4 is 38.2 Å². The second-order valence-corrected chi connectivity index (χ2v) is 14.5. The first kappa shape index (κ1) is 35.2. The van der Waals surface area contributed by atoms with E-state index >= 15 is 0 Å². The molecule has 0 aliphatic rings. The molecule has 14 radical (unpaired) electrons. The number of hydrogen-bond donors (Lipinski definition) is 0. The second kappa shape index (κ2) is 13.5. The van der Waals surface area contributed by atoms with Crippen LogP contribution in [0.4, 0.5) is 0 Å². The maximum Gasteiger partial charge on any atom is 0.115 e. The number of fused-ring (bicyclic) bond motifs is 6. The quantitative estimate of drug-likeness (QED) is 0.235. The minimum atomic E-state index is 0.180. The van der Waals surface area contributed by atoms with E-state index in [4.69, 9.17) is 54.9 Å². The average molecular weight is 705 g/mol. The van der Waals surface area contributed by atoms with Gasteiger partial charge < -0.3 is 9.13 Å². The van der Waals surface area contributed by atoms with Crippen molar-refractivity contribution in [2.45, 2.75) is 0 Å². The zero-order valence-corrected chi connectivity index (χ0v) is 30.9. The fourth-order valence-corrected chi connectivity index (χ4v) is 8.54. The van der Waals surface area contributed by atoms with Gasteiger partial charge in [-0.25, -0.2) is 0 Å². The van der Waals surface area contributed by atoms with E-state index in [2.05, 4.69) is 83.4 Å². The van der Waals surface area contributed by atoms with Crippen LogP contribution in [0.1, 0.15) is 0 Å². The molecule has 0 saturated heterocycles. The molecule has 8 aromatic carbocycles. The first-order chi connectivity index (χ1) is 27.7. The molecule has 0 aliphatic heterocycles. The summed E-state index contributed by atoms with van der Waals surface area (Å²) in [7, 11) is 48.3. The molecule has 0 spiro atoms. The Bertz CT molecular complexity index is 3230. The summed E-state index contributed by atoms with van der Waals surface area (Å²) in [4.78, 5) is 0. The molecule has 0 aliphatic carbocycles. The molecular formula is C48H25B7N2. The van der Waals surface area contributed by atoms with Crippen LogP contribution in [0.25, 0.3) is 88.4 Å². The Hall–Kier alpha value is -6.19. The molecule has 0 atom stereocenters. The van der Waals surface area contributed by atoms with Gasteiger partial charge >= 0.3 is 0 Å². The third kappa shape index (κ3) is 5.36. The van der Waals surface area contributed by atoms with E-state index in [-0.39, 0.29) is 21.9 Å². The van der Waals surface area contributed by atoms with Crippen LogP contribution in [0, 0.1) is 0 Å². The van der Waals surface area contributed by atoms with Crippen molar-refractivity contribution >= 4 is 137 Å². The largest absolute Gasteiger partial charge is 0.311 e. The Kier molecular flexibility index (Phi) is 8.34. The lowest BCUT2D eigenvalue weighted by Crippen LogP contribution is -2.48. The van der Waals surface area contributed by atoms with Gasteiger partial charge in [-0.15, -0.1) is 10.9 Å². The van der Waals surface area contributed by atoms with E-state index in [0.717, 1.165) is 61.0 Å². The van der Waals surface area contributed by atoms with E-state index in [1.165, 1.54) is 0 Å². The lowest BCUT2D eigenvalue weighted by molar-refractivity contribution is 1.18. The van der Waals surface area contributed by atoms with E-state index in [0.29, 0.717) is 43.8 Å². The number of para-hydroxylation sites is 1. The molecule has 9 heteroatoms. The molecule has 0 bridgehead atoms. The fourth-order valence-electron chi connectivity index (χ4n) is 8.54. The third-order valence-corrected chi connectivity index (χ3v) is 11.3. The Morgan fingerprint density at radius 1 is 0.298 bits per heavy atom. The molecule has 10 rings (SSSR count). The predicted molar refractivity (Wildman–Crippen MR) is 249 cm³/mol. The molecule has 2 aromatic heterocycles. The van der Waals surface area contributed by atoms with E-state index in [9.17, 15) is 0 Å². The summed E-state index contributed by atoms with van der Waals surface area (Å²) in [6, 6.07) is 51.9. The molecule has 2 nitrogen and oxygen atoms in total. The first-order valence-corrected chi connectivity index (χ1v) is 18.6. The number of rotatable bonds is 5. The molecule has 0 saturated carbocycles. The molecule has 0 unspecified atom stereocenters. The van der Waals surface area contributed by atoms with Crippen molar-refractivity contribution in [2.75, 3.05) is 0 Å². The van der Waals surface area contributed by atoms with Crippen molar-refractivity contribution < 1.29 is 0 Å². The Balaban J connectivity index is 1.26. The SMILES string of the molecule is [B]c1c([B])c([B])c2c(c1[B])c1c([B])c(-c3ccc4c(c3)c3cc(-c5ccccc5)ccc3n4-c3ccccc3)c([B])c([B])c1n2-c1ccc(-c2ccccc2)cc1. The van der Waals surface area contributed by atoms with Gasteiger partial charge in [0, 0.05) is 38.6 Å². The fraction of sp³-hybridized carbons (Fsp3) is 0. The number of nitrogens with zero attached hydrogens (tertiary/aromatic N) is 2. The third-order valence-electron chi connectivity index (χ3n) is 11.3. The van der Waals surface area contributed by atoms with Crippen molar-refractivity contribution in [2.24, 2.45) is 0 Å². The first-order valence-electron chi connectivity index (χ1n) is 18.6. The van der Waals surface area contributed by atoms with Gasteiger partial charge in [0.05, 0.1) is 11.0 Å². The van der Waals surface area contributed by atoms with E-state index in [1.807, 2.05) is 77.4 Å². The number of hydrogen-bond acceptors (Lipinski definition) is 0. The van der Waals surface area contributed by atoms with Gasteiger partial charge in [-0.1, -0.05) is 130 Å². The maximum absolute atomic E-state index is 7.32. The molecule has 248 valence electrons. The summed E-state index contributed by atoms with van der Waals surface area (Å²) < 4.78 is 4.22. The molecule has 2 heterocycles. The van der Waals surface area contributed by atoms with Crippen molar-refractivity contribution in [1.82, 2.24) is 9.13 Å². The zero-order chi connectivity index (χ0) is 39.1. The summed E-state index contributed by atoms with van der Waals surface area (Å²) in [5, 5.41) is 3.26. The smallest absolute Gasteiger partial charge is 0.115 e. The van der Waals surface area contributed by atoms with Crippen LogP contribution in [-0.2, 0) is 0 Å². The second-order valence-electron chi connectivity index (χ2n) is 14.5. The van der Waals surface area contributed by atoms with Crippen LogP contribution in [0.2, 0.25) is 0 Å². The molecule has 0 N–H and O–H groups in total. The van der Waals surface area contributed by atoms with Crippen molar-refractivity contribution in [3.63, 3.8) is 0 Å². The van der Waals surface area contributed by atoms with Gasteiger partial charge in [0.15, 0.2) is 0 Å². The lowest BCUT2D eigenvalue weighted by Gasteiger charge is -2.19. The summed E-state index contributed by atoms with van der Waals surface area (Å²) in [5.41, 5.74) is 12.8. The Labute approximate surface area is 340 Å². The Morgan fingerprint density at radius 3 is 1.32 bits per heavy atom. The van der Waals surface area contributed by atoms with Gasteiger partial charge in [-0.05, 0) is 87.3 Å². The van der Waals surface area contributed by atoms with Crippen LogP contribution in [-0.4, -0.2) is 64.1 Å². The highest BCUT2D eigenvalue weighted by Gasteiger charge is 2.25. The summed E-state index contributed by atoms with van der Waals surface area (Å²) in [5.74, 6) is 0. The highest BCUT2D eigenvalue weighted by atomic mass is 15.0. The van der Waals surface area contributed by atoms with Crippen LogP contribution in [0.3, 0.4) is 0 Å². The zero-order valence-electron chi connectivity index (χ0n) is 30.9. The molecule has 57 heavy (non-hydrogen) atoms. The topological polar surface area (TPSA) is 9.86 Å². The van der Waals surface area contributed by atoms with Crippen LogP contribution >= 0.6 is 0 Å². The Morgan fingerprint density at radius 2 is 0.719 bits per heavy atom. The van der Waals surface area contributed by atoms with E-state index in [1.54, 1.807) is 0 Å². The average Bonchev–Trinajstić information content (AvgIpc) is 3.79. The van der Waals surface area contributed by atoms with Gasteiger partial charge in [-0.3, -0.25) is 0 Å². The van der Waals surface area contributed by atoms with Gasteiger partial charge in [0.1, 0.15) is 54.9 Å². The van der Waals surface area contributed by atoms with Crippen molar-refractivity contribution in [1.29, 1.82) is 0 Å². The van der Waals surface area contributed by atoms with E-state index < -0.39 is 0 Å². The molecule has 10 aromatic rings. The molecule has 0 amide bonds. The summed E-state index contributed by atoms with van der Waals surface area (Å²) in [6.45, 7) is 0. The number of benzene rings is 8. The van der Waals surface area contributed by atoms with Gasteiger partial charge in [0.25, 0.3) is 0 Å². The minimum absolute atomic E-state index is 0.180. The molecular weight excluding hydrogens is 680 g/mol. The van der Waals surface area contributed by atoms with Gasteiger partial charge in [0.2, 0.25) is 0 Å². The number of aromatic nitrogens is 2. The lowest BCUT2D eigenvalue weighted by atomic mass is 9.64. The van der Waals surface area contributed by atoms with Crippen molar-refractivity contribution in [3.05, 3.63) is 152 Å².